The van der Waals surface area contributed by atoms with Gasteiger partial charge in [0.25, 0.3) is 5.91 Å². The van der Waals surface area contributed by atoms with Crippen molar-refractivity contribution in [2.75, 3.05) is 13.1 Å². The number of nitrogens with one attached hydrogen (secondary N) is 1. The van der Waals surface area contributed by atoms with E-state index in [2.05, 4.69) is 10.2 Å². The largest absolute Gasteiger partial charge is 0.507 e. The molecule has 0 saturated carbocycles. The molecule has 0 aliphatic carbocycles. The van der Waals surface area contributed by atoms with Crippen LogP contribution in [0.25, 0.3) is 0 Å². The van der Waals surface area contributed by atoms with E-state index in [1.54, 1.807) is 0 Å². The Balaban J connectivity index is 1.71. The van der Waals surface area contributed by atoms with Crippen LogP contribution in [0.2, 0.25) is 0 Å². The Morgan fingerprint density at radius 2 is 2.15 bits per heavy atom. The summed E-state index contributed by atoms with van der Waals surface area (Å²) in [5.74, 6) is -1.08. The van der Waals surface area contributed by atoms with Crippen molar-refractivity contribution in [2.24, 2.45) is 0 Å². The maximum Gasteiger partial charge on any atom is 0.255 e. The van der Waals surface area contributed by atoms with Gasteiger partial charge in [-0.2, -0.15) is 0 Å². The van der Waals surface area contributed by atoms with Crippen molar-refractivity contribution >= 4 is 5.91 Å². The average Bonchev–Trinajstić information content (AvgIpc) is 2.85. The molecule has 0 radical (unpaired) electrons. The summed E-state index contributed by atoms with van der Waals surface area (Å²) in [6.45, 7) is 2.10. The van der Waals surface area contributed by atoms with E-state index in [1.807, 2.05) is 0 Å². The zero-order valence-corrected chi connectivity index (χ0v) is 11.3. The number of aromatic hydroxyl groups is 1. The molecule has 2 heterocycles. The number of phenolic OH excluding ortho intramolecular Hbond substituents is 1. The molecule has 2 atom stereocenters. The summed E-state index contributed by atoms with van der Waals surface area (Å²) in [6.07, 6.45) is 4.44. The van der Waals surface area contributed by atoms with Crippen molar-refractivity contribution in [2.45, 2.75) is 37.8 Å². The van der Waals surface area contributed by atoms with Crippen molar-refractivity contribution in [3.8, 4) is 5.75 Å². The second kappa shape index (κ2) is 5.40. The number of hydrogen-bond donors (Lipinski definition) is 2. The molecule has 3 rings (SSSR count). The van der Waals surface area contributed by atoms with Crippen molar-refractivity contribution < 1.29 is 14.3 Å². The Bertz CT molecular complexity index is 521. The monoisotopic (exact) mass is 278 g/mol. The van der Waals surface area contributed by atoms with Crippen LogP contribution in [0.15, 0.2) is 18.2 Å². The maximum atomic E-state index is 13.2. The van der Waals surface area contributed by atoms with E-state index in [0.717, 1.165) is 38.1 Å². The standard InChI is InChI=1S/C15H19FN2O2/c16-10-4-5-14(19)11(9-10)15(20)17-12-6-8-18-7-2-1-3-13(12)18/h4-5,9,12-13,19H,1-3,6-8H2,(H,17,20). The maximum absolute atomic E-state index is 13.2. The second-order valence-electron chi connectivity index (χ2n) is 5.63. The molecule has 4 nitrogen and oxygen atoms in total. The number of halogens is 1. The molecule has 2 fully saturated rings. The fourth-order valence-corrected chi connectivity index (χ4v) is 3.35. The molecule has 2 N–H and O–H groups in total. The van der Waals surface area contributed by atoms with E-state index in [1.165, 1.54) is 18.9 Å². The van der Waals surface area contributed by atoms with Gasteiger partial charge in [0.2, 0.25) is 0 Å². The van der Waals surface area contributed by atoms with Crippen LogP contribution in [-0.2, 0) is 0 Å². The van der Waals surface area contributed by atoms with E-state index >= 15 is 0 Å². The lowest BCUT2D eigenvalue weighted by molar-refractivity contribution is 0.0912. The summed E-state index contributed by atoms with van der Waals surface area (Å²) in [7, 11) is 0. The minimum Gasteiger partial charge on any atom is -0.507 e. The summed E-state index contributed by atoms with van der Waals surface area (Å²) in [5, 5.41) is 12.6. The predicted molar refractivity (Wildman–Crippen MR) is 73.1 cm³/mol. The number of hydrogen-bond acceptors (Lipinski definition) is 3. The fraction of sp³-hybridized carbons (Fsp3) is 0.533. The molecule has 0 aromatic heterocycles. The topological polar surface area (TPSA) is 52.6 Å². The molecule has 2 aliphatic rings. The molecule has 108 valence electrons. The first-order chi connectivity index (χ1) is 9.65. The molecule has 1 aromatic carbocycles. The molecule has 2 unspecified atom stereocenters. The Morgan fingerprint density at radius 1 is 1.30 bits per heavy atom. The van der Waals surface area contributed by atoms with Crippen molar-refractivity contribution in [1.29, 1.82) is 0 Å². The van der Waals surface area contributed by atoms with E-state index in [-0.39, 0.29) is 23.3 Å². The van der Waals surface area contributed by atoms with Gasteiger partial charge < -0.3 is 10.4 Å². The molecule has 0 spiro atoms. The number of benzene rings is 1. The molecule has 2 aliphatic heterocycles. The molecule has 0 bridgehead atoms. The normalized spacial score (nSPS) is 26.2. The zero-order chi connectivity index (χ0) is 14.1. The number of fused-ring (bicyclic) bond motifs is 1. The number of carbonyl (C=O) groups excluding carboxylic acids is 1. The number of rotatable bonds is 2. The smallest absolute Gasteiger partial charge is 0.255 e. The van der Waals surface area contributed by atoms with Gasteiger partial charge in [0, 0.05) is 18.6 Å². The highest BCUT2D eigenvalue weighted by atomic mass is 19.1. The lowest BCUT2D eigenvalue weighted by Gasteiger charge is -2.32. The Kier molecular flexibility index (Phi) is 3.61. The number of phenols is 1. The average molecular weight is 278 g/mol. The molecular weight excluding hydrogens is 259 g/mol. The minimum atomic E-state index is -0.515. The van der Waals surface area contributed by atoms with Gasteiger partial charge in [-0.25, -0.2) is 4.39 Å². The van der Waals surface area contributed by atoms with Crippen LogP contribution in [-0.4, -0.2) is 41.1 Å². The number of carbonyl (C=O) groups is 1. The van der Waals surface area contributed by atoms with E-state index < -0.39 is 5.82 Å². The number of amides is 1. The molecule has 2 saturated heterocycles. The van der Waals surface area contributed by atoms with Gasteiger partial charge in [-0.1, -0.05) is 6.42 Å². The van der Waals surface area contributed by atoms with Crippen molar-refractivity contribution in [3.63, 3.8) is 0 Å². The molecular formula is C15H19FN2O2. The van der Waals surface area contributed by atoms with Crippen LogP contribution in [0.5, 0.6) is 5.75 Å². The summed E-state index contributed by atoms with van der Waals surface area (Å²) >= 11 is 0. The first-order valence-electron chi connectivity index (χ1n) is 7.18. The van der Waals surface area contributed by atoms with Crippen molar-refractivity contribution in [1.82, 2.24) is 10.2 Å². The van der Waals surface area contributed by atoms with Crippen molar-refractivity contribution in [3.05, 3.63) is 29.6 Å². The fourth-order valence-electron chi connectivity index (χ4n) is 3.35. The van der Waals surface area contributed by atoms with Gasteiger partial charge in [-0.05, 0) is 44.0 Å². The Hall–Kier alpha value is -1.62. The van der Waals surface area contributed by atoms with Gasteiger partial charge in [0.15, 0.2) is 0 Å². The van der Waals surface area contributed by atoms with Crippen LogP contribution in [0.4, 0.5) is 4.39 Å². The van der Waals surface area contributed by atoms with E-state index in [4.69, 9.17) is 0 Å². The first-order valence-corrected chi connectivity index (χ1v) is 7.18. The third kappa shape index (κ3) is 2.50. The third-order valence-electron chi connectivity index (χ3n) is 4.38. The zero-order valence-electron chi connectivity index (χ0n) is 11.3. The summed E-state index contributed by atoms with van der Waals surface area (Å²) in [6, 6.07) is 3.93. The number of piperidine rings is 1. The highest BCUT2D eigenvalue weighted by Crippen LogP contribution is 2.28. The van der Waals surface area contributed by atoms with Gasteiger partial charge in [-0.3, -0.25) is 9.69 Å². The van der Waals surface area contributed by atoms with Gasteiger partial charge in [0.05, 0.1) is 5.56 Å². The van der Waals surface area contributed by atoms with Crippen LogP contribution >= 0.6 is 0 Å². The van der Waals surface area contributed by atoms with E-state index in [9.17, 15) is 14.3 Å². The summed E-state index contributed by atoms with van der Waals surface area (Å²) in [4.78, 5) is 14.6. The lowest BCUT2D eigenvalue weighted by Crippen LogP contribution is -2.46. The highest BCUT2D eigenvalue weighted by molar-refractivity contribution is 5.97. The summed E-state index contributed by atoms with van der Waals surface area (Å²) < 4.78 is 13.2. The second-order valence-corrected chi connectivity index (χ2v) is 5.63. The SMILES string of the molecule is O=C(NC1CCN2CCCCC12)c1cc(F)ccc1O. The summed E-state index contributed by atoms with van der Waals surface area (Å²) in [5.41, 5.74) is 0.0132. The Labute approximate surface area is 117 Å². The highest BCUT2D eigenvalue weighted by Gasteiger charge is 2.36. The molecule has 5 heteroatoms. The third-order valence-corrected chi connectivity index (χ3v) is 4.38. The molecule has 20 heavy (non-hydrogen) atoms. The first kappa shape index (κ1) is 13.4. The van der Waals surface area contributed by atoms with Gasteiger partial charge in [0.1, 0.15) is 11.6 Å². The van der Waals surface area contributed by atoms with Crippen LogP contribution in [0, 0.1) is 5.82 Å². The minimum absolute atomic E-state index is 0.0132. The number of nitrogens with zero attached hydrogens (tertiary/aromatic N) is 1. The predicted octanol–water partition coefficient (Wildman–Crippen LogP) is 1.89. The van der Waals surface area contributed by atoms with Crippen LogP contribution in [0.3, 0.4) is 0 Å². The van der Waals surface area contributed by atoms with E-state index in [0.29, 0.717) is 6.04 Å². The van der Waals surface area contributed by atoms with Crippen LogP contribution < -0.4 is 5.32 Å². The van der Waals surface area contributed by atoms with Gasteiger partial charge >= 0.3 is 0 Å². The van der Waals surface area contributed by atoms with Crippen LogP contribution in [0.1, 0.15) is 36.0 Å². The quantitative estimate of drug-likeness (QED) is 0.868. The van der Waals surface area contributed by atoms with Gasteiger partial charge in [-0.15, -0.1) is 0 Å². The molecule has 1 amide bonds. The lowest BCUT2D eigenvalue weighted by atomic mass is 9.98. The Morgan fingerprint density at radius 3 is 3.00 bits per heavy atom. The molecule has 1 aromatic rings.